The van der Waals surface area contributed by atoms with E-state index in [4.69, 9.17) is 23.7 Å². The molecule has 2 fully saturated rings. The predicted molar refractivity (Wildman–Crippen MR) is 172 cm³/mol. The van der Waals surface area contributed by atoms with Gasteiger partial charge in [0, 0.05) is 31.8 Å². The molecule has 13 heteroatoms. The average Bonchev–Trinajstić information content (AvgIpc) is 3.30. The van der Waals surface area contributed by atoms with E-state index in [0.717, 1.165) is 32.6 Å². The Morgan fingerprint density at radius 3 is 2.13 bits per heavy atom. The van der Waals surface area contributed by atoms with E-state index in [-0.39, 0.29) is 67.3 Å². The first kappa shape index (κ1) is 41.2. The van der Waals surface area contributed by atoms with Crippen LogP contribution in [0.5, 0.6) is 0 Å². The van der Waals surface area contributed by atoms with Gasteiger partial charge in [0.2, 0.25) is 0 Å². The van der Waals surface area contributed by atoms with Gasteiger partial charge in [0.05, 0.1) is 5.92 Å². The van der Waals surface area contributed by atoms with E-state index in [2.05, 4.69) is 6.92 Å². The van der Waals surface area contributed by atoms with Gasteiger partial charge in [-0.2, -0.15) is 0 Å². The van der Waals surface area contributed by atoms with Gasteiger partial charge in [-0.3, -0.25) is 14.4 Å². The van der Waals surface area contributed by atoms with Gasteiger partial charge in [-0.05, 0) is 58.6 Å². The summed E-state index contributed by atoms with van der Waals surface area (Å²) in [4.78, 5) is 65.1. The van der Waals surface area contributed by atoms with E-state index >= 15 is 0 Å². The molecule has 0 aromatic rings. The Labute approximate surface area is 306 Å². The van der Waals surface area contributed by atoms with Crippen LogP contribution in [0.25, 0.3) is 0 Å². The van der Waals surface area contributed by atoms with Crippen LogP contribution in [-0.4, -0.2) is 119 Å². The number of hydrogen-bond acceptors (Lipinski definition) is 12. The fourth-order valence-corrected chi connectivity index (χ4v) is 6.90. The van der Waals surface area contributed by atoms with Crippen molar-refractivity contribution in [2.75, 3.05) is 0 Å². The van der Waals surface area contributed by atoms with E-state index in [1.54, 1.807) is 33.8 Å². The molecule has 0 bridgehead atoms. The van der Waals surface area contributed by atoms with Gasteiger partial charge in [-0.15, -0.1) is 0 Å². The molecule has 0 aromatic carbocycles. The van der Waals surface area contributed by atoms with Crippen molar-refractivity contribution in [2.24, 2.45) is 5.92 Å². The molecule has 47 heavy (non-hydrogen) atoms. The molecule has 0 amide bonds. The molecule has 0 spiro atoms. The fourth-order valence-electron chi connectivity index (χ4n) is 6.90. The van der Waals surface area contributed by atoms with E-state index in [1.807, 2.05) is 0 Å². The van der Waals surface area contributed by atoms with Crippen LogP contribution in [0.15, 0.2) is 22.8 Å². The van der Waals surface area contributed by atoms with E-state index in [9.17, 15) is 34.2 Å². The van der Waals surface area contributed by atoms with Crippen LogP contribution in [-0.2, 0) is 47.7 Å². The van der Waals surface area contributed by atoms with Gasteiger partial charge in [0.25, 0.3) is 0 Å². The SMILES string of the molecule is C/C=C(/C)C(=O)O[C@H]1C(C)=C2[C@H]([C@@H]1OC(=O)CCCCCCC)[C@@](C)(OC(C)=O)C[C@H](OC(=O)CCC)[C@@]1(O)[C@H]2OC(=O)[C@@]1(C)O.[CaH2]. The zero-order chi connectivity index (χ0) is 34.6. The molecule has 3 aliphatic rings. The molecule has 1 aliphatic heterocycles. The Hall–Kier alpha value is -1.99. The first-order chi connectivity index (χ1) is 21.5. The zero-order valence-electron chi connectivity index (χ0n) is 28.3. The molecule has 262 valence electrons. The molecule has 12 nitrogen and oxygen atoms in total. The number of carbonyl (C=O) groups is 5. The molecule has 0 aromatic heterocycles. The molecule has 1 heterocycles. The summed E-state index contributed by atoms with van der Waals surface area (Å²) in [6, 6.07) is 0. The second-order valence-electron chi connectivity index (χ2n) is 13.1. The molecule has 1 saturated heterocycles. The maximum absolute atomic E-state index is 13.3. The van der Waals surface area contributed by atoms with E-state index in [1.165, 1.54) is 13.8 Å². The summed E-state index contributed by atoms with van der Waals surface area (Å²) >= 11 is 0. The summed E-state index contributed by atoms with van der Waals surface area (Å²) < 4.78 is 29.3. The van der Waals surface area contributed by atoms with Crippen molar-refractivity contribution in [1.29, 1.82) is 0 Å². The number of aliphatic hydroxyl groups is 2. The standard InChI is InChI=1S/C34H50O12.Ca.2H/c1-9-12-13-14-15-17-24(37)43-28-26-25(20(5)27(28)44-30(38)19(4)11-3)29-34(41,33(8,40)31(39)45-29)22(42-23(36)16-10-2)18-32(26,7)46-21(6)35;;;/h11,22,26-29,40-41H,9-10,12-18H2,1-8H3;;;/b19-11-;;;/t22-,26+,27-,28-,29-,32-,33+,34+;;;/m0.../s1. The summed E-state index contributed by atoms with van der Waals surface area (Å²) in [6.07, 6.45) is 0.272. The third-order valence-electron chi connectivity index (χ3n) is 9.51. The van der Waals surface area contributed by atoms with Crippen molar-refractivity contribution < 1.29 is 57.9 Å². The van der Waals surface area contributed by atoms with Crippen LogP contribution in [0.1, 0.15) is 113 Å². The normalized spacial score (nSPS) is 33.1. The van der Waals surface area contributed by atoms with Gasteiger partial charge in [-0.1, -0.05) is 45.6 Å². The summed E-state index contributed by atoms with van der Waals surface area (Å²) in [5.74, 6) is -5.03. The Morgan fingerprint density at radius 2 is 1.55 bits per heavy atom. The number of hydrogen-bond donors (Lipinski definition) is 2. The Kier molecular flexibility index (Phi) is 14.6. The third kappa shape index (κ3) is 8.25. The summed E-state index contributed by atoms with van der Waals surface area (Å²) in [5.41, 5.74) is -6.12. The van der Waals surface area contributed by atoms with Crippen LogP contribution >= 0.6 is 0 Å². The van der Waals surface area contributed by atoms with Crippen molar-refractivity contribution in [3.8, 4) is 0 Å². The first-order valence-corrected chi connectivity index (χ1v) is 16.3. The quantitative estimate of drug-likeness (QED) is 0.0723. The van der Waals surface area contributed by atoms with Gasteiger partial charge in [0.1, 0.15) is 11.7 Å². The van der Waals surface area contributed by atoms with Crippen LogP contribution < -0.4 is 0 Å². The maximum atomic E-state index is 13.3. The average molecular weight is 693 g/mol. The summed E-state index contributed by atoms with van der Waals surface area (Å²) in [6.45, 7) is 12.4. The molecule has 8 atom stereocenters. The minimum absolute atomic E-state index is 0. The Morgan fingerprint density at radius 1 is 0.936 bits per heavy atom. The van der Waals surface area contributed by atoms with Crippen LogP contribution in [0, 0.1) is 5.92 Å². The zero-order valence-corrected chi connectivity index (χ0v) is 28.3. The monoisotopic (exact) mass is 692 g/mol. The number of ether oxygens (including phenoxy) is 5. The van der Waals surface area contributed by atoms with Gasteiger partial charge in [0.15, 0.2) is 29.5 Å². The van der Waals surface area contributed by atoms with E-state index in [0.29, 0.717) is 12.8 Å². The molecule has 2 aliphatic carbocycles. The fraction of sp³-hybridized carbons (Fsp3) is 0.735. The van der Waals surface area contributed by atoms with Crippen LogP contribution in [0.2, 0.25) is 0 Å². The van der Waals surface area contributed by atoms with Crippen molar-refractivity contribution in [3.05, 3.63) is 22.8 Å². The van der Waals surface area contributed by atoms with Gasteiger partial charge < -0.3 is 33.9 Å². The van der Waals surface area contributed by atoms with Crippen molar-refractivity contribution in [1.82, 2.24) is 0 Å². The second-order valence-corrected chi connectivity index (χ2v) is 13.1. The van der Waals surface area contributed by atoms with Gasteiger partial charge >= 0.3 is 67.6 Å². The van der Waals surface area contributed by atoms with Crippen molar-refractivity contribution in [3.63, 3.8) is 0 Å². The topological polar surface area (TPSA) is 172 Å². The Balaban J connectivity index is 0.00000768. The van der Waals surface area contributed by atoms with Crippen LogP contribution in [0.4, 0.5) is 0 Å². The van der Waals surface area contributed by atoms with Crippen molar-refractivity contribution in [2.45, 2.75) is 154 Å². The molecular formula is C34H52CaO12. The van der Waals surface area contributed by atoms with Crippen LogP contribution in [0.3, 0.4) is 0 Å². The number of rotatable bonds is 13. The third-order valence-corrected chi connectivity index (χ3v) is 9.51. The van der Waals surface area contributed by atoms with Crippen molar-refractivity contribution >= 4 is 67.6 Å². The predicted octanol–water partition coefficient (Wildman–Crippen LogP) is 3.01. The minimum atomic E-state index is -2.57. The Bertz CT molecular complexity index is 1270. The summed E-state index contributed by atoms with van der Waals surface area (Å²) in [7, 11) is 0. The number of unbranched alkanes of at least 4 members (excludes halogenated alkanes) is 4. The molecule has 0 radical (unpaired) electrons. The first-order valence-electron chi connectivity index (χ1n) is 16.3. The molecule has 2 N–H and O–H groups in total. The number of fused-ring (bicyclic) bond motifs is 3. The number of carbonyl (C=O) groups excluding carboxylic acids is 5. The molecule has 0 unspecified atom stereocenters. The molecule has 1 saturated carbocycles. The molecule has 3 rings (SSSR count). The number of allylic oxidation sites excluding steroid dienone is 1. The van der Waals surface area contributed by atoms with Gasteiger partial charge in [-0.25, -0.2) is 9.59 Å². The number of esters is 5. The molecular weight excluding hydrogens is 640 g/mol. The second kappa shape index (κ2) is 16.6. The summed E-state index contributed by atoms with van der Waals surface area (Å²) in [5, 5.41) is 23.9. The van der Waals surface area contributed by atoms with E-state index < -0.39 is 83.4 Å².